The van der Waals surface area contributed by atoms with E-state index < -0.39 is 0 Å². The van der Waals surface area contributed by atoms with Crippen molar-refractivity contribution in [3.05, 3.63) is 12.3 Å². The molecule has 12 heavy (non-hydrogen) atoms. The van der Waals surface area contributed by atoms with Crippen LogP contribution in [0.4, 0.5) is 5.82 Å². The Balaban J connectivity index is 2.27. The minimum atomic E-state index is -0.0373. The first-order chi connectivity index (χ1) is 5.83. The molecule has 0 aliphatic rings. The first-order valence-corrected chi connectivity index (χ1v) is 3.82. The molecule has 1 aromatic rings. The molecule has 0 aromatic carbocycles. The van der Waals surface area contributed by atoms with Crippen molar-refractivity contribution in [2.75, 3.05) is 11.9 Å². The van der Waals surface area contributed by atoms with Gasteiger partial charge in [0, 0.05) is 12.5 Å². The van der Waals surface area contributed by atoms with E-state index in [1.165, 1.54) is 0 Å². The topological polar surface area (TPSA) is 83.8 Å². The van der Waals surface area contributed by atoms with Crippen LogP contribution < -0.4 is 11.1 Å². The number of aromatic amines is 1. The van der Waals surface area contributed by atoms with E-state index in [4.69, 9.17) is 5.73 Å². The highest BCUT2D eigenvalue weighted by atomic mass is 16.1. The number of hydrogen-bond acceptors (Lipinski definition) is 3. The number of nitrogens with two attached hydrogens (primary N) is 1. The predicted molar refractivity (Wildman–Crippen MR) is 45.5 cm³/mol. The van der Waals surface area contributed by atoms with Crippen molar-refractivity contribution in [3.8, 4) is 0 Å². The number of nitrogens with one attached hydrogen (secondary N) is 2. The Hall–Kier alpha value is -1.36. The molecule has 5 nitrogen and oxygen atoms in total. The summed E-state index contributed by atoms with van der Waals surface area (Å²) in [4.78, 5) is 11.1. The summed E-state index contributed by atoms with van der Waals surface area (Å²) < 4.78 is 0. The lowest BCUT2D eigenvalue weighted by molar-refractivity contribution is -0.116. The van der Waals surface area contributed by atoms with Gasteiger partial charge >= 0.3 is 0 Å². The third-order valence-electron chi connectivity index (χ3n) is 1.38. The fourth-order valence-corrected chi connectivity index (χ4v) is 0.801. The Morgan fingerprint density at radius 2 is 2.58 bits per heavy atom. The predicted octanol–water partition coefficient (Wildman–Crippen LogP) is 0.0871. The second-order valence-corrected chi connectivity index (χ2v) is 2.41. The molecule has 0 unspecified atom stereocenters. The first-order valence-electron chi connectivity index (χ1n) is 3.82. The molecule has 1 rings (SSSR count). The monoisotopic (exact) mass is 168 g/mol. The van der Waals surface area contributed by atoms with E-state index in [9.17, 15) is 4.79 Å². The van der Waals surface area contributed by atoms with E-state index in [0.29, 0.717) is 25.2 Å². The zero-order valence-electron chi connectivity index (χ0n) is 6.71. The zero-order valence-corrected chi connectivity index (χ0v) is 6.71. The summed E-state index contributed by atoms with van der Waals surface area (Å²) in [6.45, 7) is 0.538. The number of amides is 1. The number of aromatic nitrogens is 2. The average molecular weight is 168 g/mol. The molecule has 0 fully saturated rings. The van der Waals surface area contributed by atoms with Crippen LogP contribution in [0.2, 0.25) is 0 Å². The number of hydrogen-bond donors (Lipinski definition) is 3. The van der Waals surface area contributed by atoms with Gasteiger partial charge in [-0.1, -0.05) is 0 Å². The van der Waals surface area contributed by atoms with E-state index in [1.807, 2.05) is 0 Å². The Kier molecular flexibility index (Phi) is 3.28. The number of carbonyl (C=O) groups excluding carboxylic acids is 1. The van der Waals surface area contributed by atoms with E-state index in [0.717, 1.165) is 0 Å². The highest BCUT2D eigenvalue weighted by Crippen LogP contribution is 1.99. The largest absolute Gasteiger partial charge is 0.330 e. The Labute approximate surface area is 70.3 Å². The minimum absolute atomic E-state index is 0.0373. The van der Waals surface area contributed by atoms with Crippen molar-refractivity contribution in [2.24, 2.45) is 5.73 Å². The van der Waals surface area contributed by atoms with Crippen LogP contribution in [0.1, 0.15) is 12.8 Å². The molecular formula is C7H12N4O. The van der Waals surface area contributed by atoms with Crippen molar-refractivity contribution in [2.45, 2.75) is 12.8 Å². The SMILES string of the molecule is NCCCC(=O)Nc1ccn[nH]1. The Morgan fingerprint density at radius 1 is 1.75 bits per heavy atom. The number of H-pyrrole nitrogens is 1. The fraction of sp³-hybridized carbons (Fsp3) is 0.429. The van der Waals surface area contributed by atoms with Gasteiger partial charge in [-0.15, -0.1) is 0 Å². The maximum absolute atomic E-state index is 11.1. The van der Waals surface area contributed by atoms with E-state index >= 15 is 0 Å². The smallest absolute Gasteiger partial charge is 0.225 e. The number of rotatable bonds is 4. The highest BCUT2D eigenvalue weighted by molar-refractivity contribution is 5.89. The fourth-order valence-electron chi connectivity index (χ4n) is 0.801. The second kappa shape index (κ2) is 4.50. The molecule has 0 aliphatic carbocycles. The maximum atomic E-state index is 11.1. The van der Waals surface area contributed by atoms with Crippen molar-refractivity contribution >= 4 is 11.7 Å². The quantitative estimate of drug-likeness (QED) is 0.595. The van der Waals surface area contributed by atoms with Gasteiger partial charge in [-0.3, -0.25) is 9.89 Å². The molecular weight excluding hydrogens is 156 g/mol. The summed E-state index contributed by atoms with van der Waals surface area (Å²) in [6, 6.07) is 1.69. The normalized spacial score (nSPS) is 9.75. The first kappa shape index (κ1) is 8.73. The summed E-state index contributed by atoms with van der Waals surface area (Å²) in [5.74, 6) is 0.585. The van der Waals surface area contributed by atoms with Gasteiger partial charge in [-0.2, -0.15) is 5.10 Å². The van der Waals surface area contributed by atoms with Crippen LogP contribution in [-0.2, 0) is 4.79 Å². The van der Waals surface area contributed by atoms with Crippen LogP contribution >= 0.6 is 0 Å². The van der Waals surface area contributed by atoms with Crippen LogP contribution in [-0.4, -0.2) is 22.6 Å². The van der Waals surface area contributed by atoms with Gasteiger partial charge in [0.1, 0.15) is 5.82 Å². The van der Waals surface area contributed by atoms with Crippen LogP contribution in [0.3, 0.4) is 0 Å². The molecule has 66 valence electrons. The highest BCUT2D eigenvalue weighted by Gasteiger charge is 2.00. The van der Waals surface area contributed by atoms with Gasteiger partial charge in [0.25, 0.3) is 0 Å². The molecule has 1 aromatic heterocycles. The van der Waals surface area contributed by atoms with Gasteiger partial charge in [0.15, 0.2) is 0 Å². The Morgan fingerprint density at radius 3 is 3.17 bits per heavy atom. The van der Waals surface area contributed by atoms with Gasteiger partial charge in [0.2, 0.25) is 5.91 Å². The minimum Gasteiger partial charge on any atom is -0.330 e. The average Bonchev–Trinajstić information content (AvgIpc) is 2.53. The van der Waals surface area contributed by atoms with Crippen molar-refractivity contribution in [1.29, 1.82) is 0 Å². The van der Waals surface area contributed by atoms with Gasteiger partial charge in [-0.05, 0) is 13.0 Å². The van der Waals surface area contributed by atoms with E-state index in [1.54, 1.807) is 12.3 Å². The van der Waals surface area contributed by atoms with Crippen LogP contribution in [0.5, 0.6) is 0 Å². The molecule has 0 spiro atoms. The molecule has 0 radical (unpaired) electrons. The van der Waals surface area contributed by atoms with E-state index in [2.05, 4.69) is 15.5 Å². The summed E-state index contributed by atoms with van der Waals surface area (Å²) >= 11 is 0. The lowest BCUT2D eigenvalue weighted by Crippen LogP contribution is -2.13. The van der Waals surface area contributed by atoms with Crippen LogP contribution in [0, 0.1) is 0 Å². The number of nitrogens with zero attached hydrogens (tertiary/aromatic N) is 1. The second-order valence-electron chi connectivity index (χ2n) is 2.41. The van der Waals surface area contributed by atoms with Crippen molar-refractivity contribution in [1.82, 2.24) is 10.2 Å². The van der Waals surface area contributed by atoms with Gasteiger partial charge in [0.05, 0.1) is 6.20 Å². The van der Waals surface area contributed by atoms with Crippen molar-refractivity contribution in [3.63, 3.8) is 0 Å². The van der Waals surface area contributed by atoms with Crippen LogP contribution in [0.25, 0.3) is 0 Å². The lowest BCUT2D eigenvalue weighted by Gasteiger charge is -1.99. The third-order valence-corrected chi connectivity index (χ3v) is 1.38. The van der Waals surface area contributed by atoms with Gasteiger partial charge < -0.3 is 11.1 Å². The number of anilines is 1. The summed E-state index contributed by atoms with van der Waals surface area (Å²) in [5.41, 5.74) is 5.25. The zero-order chi connectivity index (χ0) is 8.81. The molecule has 0 aliphatic heterocycles. The molecule has 5 heteroatoms. The molecule has 1 heterocycles. The molecule has 0 saturated carbocycles. The van der Waals surface area contributed by atoms with Crippen LogP contribution in [0.15, 0.2) is 12.3 Å². The maximum Gasteiger partial charge on any atom is 0.225 e. The Bertz CT molecular complexity index is 232. The van der Waals surface area contributed by atoms with Gasteiger partial charge in [-0.25, -0.2) is 0 Å². The molecule has 0 saturated heterocycles. The van der Waals surface area contributed by atoms with Crippen molar-refractivity contribution < 1.29 is 4.79 Å². The number of carbonyl (C=O) groups is 1. The molecule has 0 atom stereocenters. The standard InChI is InChI=1S/C7H12N4O/c8-4-1-2-7(12)10-6-3-5-9-11-6/h3,5H,1-2,4,8H2,(H2,9,10,11,12). The summed E-state index contributed by atoms with van der Waals surface area (Å²) in [5, 5.41) is 8.97. The van der Waals surface area contributed by atoms with E-state index in [-0.39, 0.29) is 5.91 Å². The lowest BCUT2D eigenvalue weighted by atomic mass is 10.3. The molecule has 1 amide bonds. The molecule has 4 N–H and O–H groups in total. The summed E-state index contributed by atoms with van der Waals surface area (Å²) in [6.07, 6.45) is 2.74. The molecule has 0 bridgehead atoms. The third kappa shape index (κ3) is 2.71. The summed E-state index contributed by atoms with van der Waals surface area (Å²) in [7, 11) is 0.